The lowest BCUT2D eigenvalue weighted by Gasteiger charge is -2.16. The summed E-state index contributed by atoms with van der Waals surface area (Å²) in [7, 11) is 0. The molecule has 0 bridgehead atoms. The van der Waals surface area contributed by atoms with Crippen molar-refractivity contribution in [1.29, 1.82) is 0 Å². The summed E-state index contributed by atoms with van der Waals surface area (Å²) >= 11 is 0. The Morgan fingerprint density at radius 1 is 0.840 bits per heavy atom. The molecule has 0 spiro atoms. The highest BCUT2D eigenvalue weighted by Gasteiger charge is 2.20. The van der Waals surface area contributed by atoms with Crippen molar-refractivity contribution in [2.75, 3.05) is 0 Å². The standard InChI is InChI=1S/C16H26N2O7/c1-3-11(10(2)19)17-13(20)7-4-6-12(16(24)25)18-14(21)8-5-9-15(22)23/h11-12H,3-9H2,1-2H3,(H,17,20)(H,18,21)(H,22,23)(H,24,25)/t11-,12-/m0/s1. The van der Waals surface area contributed by atoms with Crippen molar-refractivity contribution in [3.05, 3.63) is 0 Å². The summed E-state index contributed by atoms with van der Waals surface area (Å²) in [4.78, 5) is 56.1. The molecule has 0 fully saturated rings. The number of nitrogens with one attached hydrogen (secondary N) is 2. The van der Waals surface area contributed by atoms with Crippen molar-refractivity contribution < 1.29 is 34.2 Å². The maximum Gasteiger partial charge on any atom is 0.326 e. The van der Waals surface area contributed by atoms with Crippen LogP contribution >= 0.6 is 0 Å². The zero-order chi connectivity index (χ0) is 19.4. The fourth-order valence-electron chi connectivity index (χ4n) is 2.15. The third kappa shape index (κ3) is 10.9. The molecule has 0 aromatic carbocycles. The molecule has 0 saturated carbocycles. The summed E-state index contributed by atoms with van der Waals surface area (Å²) < 4.78 is 0. The summed E-state index contributed by atoms with van der Waals surface area (Å²) in [5.41, 5.74) is 0. The van der Waals surface area contributed by atoms with Gasteiger partial charge in [0, 0.05) is 19.3 Å². The highest BCUT2D eigenvalue weighted by atomic mass is 16.4. The summed E-state index contributed by atoms with van der Waals surface area (Å²) in [6.45, 7) is 3.15. The Morgan fingerprint density at radius 3 is 1.80 bits per heavy atom. The number of carboxylic acid groups (broad SMARTS) is 2. The molecule has 9 heteroatoms. The van der Waals surface area contributed by atoms with Gasteiger partial charge in [0.1, 0.15) is 6.04 Å². The first-order valence-electron chi connectivity index (χ1n) is 8.21. The Balaban J connectivity index is 4.25. The average Bonchev–Trinajstić information content (AvgIpc) is 2.50. The molecule has 25 heavy (non-hydrogen) atoms. The molecular formula is C16H26N2O7. The average molecular weight is 358 g/mol. The van der Waals surface area contributed by atoms with Gasteiger partial charge in [0.2, 0.25) is 11.8 Å². The molecule has 0 heterocycles. The van der Waals surface area contributed by atoms with Crippen molar-refractivity contribution in [1.82, 2.24) is 10.6 Å². The second-order valence-corrected chi connectivity index (χ2v) is 5.74. The van der Waals surface area contributed by atoms with Crippen molar-refractivity contribution in [3.8, 4) is 0 Å². The van der Waals surface area contributed by atoms with Gasteiger partial charge < -0.3 is 20.8 Å². The van der Waals surface area contributed by atoms with E-state index in [4.69, 9.17) is 10.2 Å². The van der Waals surface area contributed by atoms with Crippen molar-refractivity contribution >= 4 is 29.5 Å². The summed E-state index contributed by atoms with van der Waals surface area (Å²) in [5.74, 6) is -3.28. The lowest BCUT2D eigenvalue weighted by Crippen LogP contribution is -2.41. The molecule has 4 N–H and O–H groups in total. The van der Waals surface area contributed by atoms with Crippen LogP contribution in [-0.4, -0.2) is 51.8 Å². The molecule has 0 aliphatic heterocycles. The number of carbonyl (C=O) groups excluding carboxylic acids is 3. The lowest BCUT2D eigenvalue weighted by atomic mass is 10.1. The molecule has 2 atom stereocenters. The van der Waals surface area contributed by atoms with Gasteiger partial charge in [-0.2, -0.15) is 0 Å². The van der Waals surface area contributed by atoms with Crippen LogP contribution in [0.1, 0.15) is 58.8 Å². The monoisotopic (exact) mass is 358 g/mol. The van der Waals surface area contributed by atoms with Crippen LogP contribution in [0.4, 0.5) is 0 Å². The van der Waals surface area contributed by atoms with Crippen LogP contribution < -0.4 is 10.6 Å². The first kappa shape index (κ1) is 22.6. The fourth-order valence-corrected chi connectivity index (χ4v) is 2.15. The molecule has 0 aliphatic rings. The van der Waals surface area contributed by atoms with Gasteiger partial charge in [-0.15, -0.1) is 0 Å². The van der Waals surface area contributed by atoms with Gasteiger partial charge in [-0.3, -0.25) is 19.2 Å². The van der Waals surface area contributed by atoms with Gasteiger partial charge in [0.25, 0.3) is 0 Å². The Kier molecular flexibility index (Phi) is 10.8. The van der Waals surface area contributed by atoms with Crippen LogP contribution in [0.25, 0.3) is 0 Å². The SMILES string of the molecule is CC[C@H](NC(=O)CCC[C@H](NC(=O)CCCC(=O)O)C(=O)O)C(C)=O. The maximum atomic E-state index is 11.7. The second-order valence-electron chi connectivity index (χ2n) is 5.74. The summed E-state index contributed by atoms with van der Waals surface area (Å²) in [6, 6.07) is -1.68. The number of carbonyl (C=O) groups is 5. The molecule has 2 amide bonds. The first-order chi connectivity index (χ1) is 11.7. The molecule has 0 radical (unpaired) electrons. The molecule has 9 nitrogen and oxygen atoms in total. The molecule has 0 unspecified atom stereocenters. The maximum absolute atomic E-state index is 11.7. The molecule has 0 aromatic rings. The number of Topliss-reactive ketones (excluding diaryl/α,β-unsaturated/α-hetero) is 1. The van der Waals surface area contributed by atoms with Gasteiger partial charge in [-0.05, 0) is 32.6 Å². The molecule has 142 valence electrons. The van der Waals surface area contributed by atoms with Crippen LogP contribution in [0.3, 0.4) is 0 Å². The number of hydrogen-bond donors (Lipinski definition) is 4. The van der Waals surface area contributed by atoms with E-state index in [1.165, 1.54) is 6.92 Å². The van der Waals surface area contributed by atoms with Crippen LogP contribution in [0, 0.1) is 0 Å². The van der Waals surface area contributed by atoms with Crippen LogP contribution in [-0.2, 0) is 24.0 Å². The Morgan fingerprint density at radius 2 is 1.36 bits per heavy atom. The number of amides is 2. The Labute approximate surface area is 146 Å². The number of aliphatic carboxylic acids is 2. The first-order valence-corrected chi connectivity index (χ1v) is 8.21. The summed E-state index contributed by atoms with van der Waals surface area (Å²) in [5, 5.41) is 22.5. The second kappa shape index (κ2) is 12.0. The topological polar surface area (TPSA) is 150 Å². The van der Waals surface area contributed by atoms with Crippen molar-refractivity contribution in [2.24, 2.45) is 0 Å². The third-order valence-corrected chi connectivity index (χ3v) is 3.56. The predicted molar refractivity (Wildman–Crippen MR) is 87.8 cm³/mol. The third-order valence-electron chi connectivity index (χ3n) is 3.56. The van der Waals surface area contributed by atoms with Crippen LogP contribution in [0.2, 0.25) is 0 Å². The number of rotatable bonds is 13. The minimum Gasteiger partial charge on any atom is -0.481 e. The molecule has 0 rings (SSSR count). The Hall–Kier alpha value is -2.45. The summed E-state index contributed by atoms with van der Waals surface area (Å²) in [6.07, 6.45) is 0.692. The van der Waals surface area contributed by atoms with Gasteiger partial charge in [-0.1, -0.05) is 6.92 Å². The van der Waals surface area contributed by atoms with Crippen LogP contribution in [0.5, 0.6) is 0 Å². The van der Waals surface area contributed by atoms with E-state index in [0.29, 0.717) is 6.42 Å². The van der Waals surface area contributed by atoms with Crippen molar-refractivity contribution in [3.63, 3.8) is 0 Å². The van der Waals surface area contributed by atoms with E-state index in [9.17, 15) is 24.0 Å². The zero-order valence-electron chi connectivity index (χ0n) is 14.5. The highest BCUT2D eigenvalue weighted by molar-refractivity contribution is 5.87. The lowest BCUT2D eigenvalue weighted by molar-refractivity contribution is -0.142. The molecule has 0 aromatic heterocycles. The smallest absolute Gasteiger partial charge is 0.326 e. The highest BCUT2D eigenvalue weighted by Crippen LogP contribution is 2.04. The molecule has 0 aliphatic carbocycles. The quantitative estimate of drug-likeness (QED) is 0.373. The van der Waals surface area contributed by atoms with Crippen LogP contribution in [0.15, 0.2) is 0 Å². The van der Waals surface area contributed by atoms with Gasteiger partial charge in [0.15, 0.2) is 5.78 Å². The fraction of sp³-hybridized carbons (Fsp3) is 0.688. The minimum atomic E-state index is -1.22. The largest absolute Gasteiger partial charge is 0.481 e. The number of carboxylic acids is 2. The van der Waals surface area contributed by atoms with E-state index < -0.39 is 29.9 Å². The molecular weight excluding hydrogens is 332 g/mol. The zero-order valence-corrected chi connectivity index (χ0v) is 14.5. The van der Waals surface area contributed by atoms with Gasteiger partial charge in [-0.25, -0.2) is 4.79 Å². The number of hydrogen-bond acceptors (Lipinski definition) is 5. The van der Waals surface area contributed by atoms with E-state index in [2.05, 4.69) is 10.6 Å². The minimum absolute atomic E-state index is 0.0441. The van der Waals surface area contributed by atoms with Gasteiger partial charge >= 0.3 is 11.9 Å². The number of ketones is 1. The van der Waals surface area contributed by atoms with E-state index in [0.717, 1.165) is 0 Å². The van der Waals surface area contributed by atoms with E-state index >= 15 is 0 Å². The normalized spacial score (nSPS) is 12.7. The van der Waals surface area contributed by atoms with Gasteiger partial charge in [0.05, 0.1) is 6.04 Å². The van der Waals surface area contributed by atoms with E-state index in [1.807, 2.05) is 0 Å². The van der Waals surface area contributed by atoms with Crippen molar-refractivity contribution in [2.45, 2.75) is 70.9 Å². The molecule has 0 saturated heterocycles. The predicted octanol–water partition coefficient (Wildman–Crippen LogP) is 0.465. The van der Waals surface area contributed by atoms with E-state index in [-0.39, 0.29) is 50.2 Å². The van der Waals surface area contributed by atoms with E-state index in [1.54, 1.807) is 6.92 Å². The Bertz CT molecular complexity index is 505.